The van der Waals surface area contributed by atoms with E-state index in [1.165, 1.54) is 22.2 Å². The van der Waals surface area contributed by atoms with Gasteiger partial charge in [-0.1, -0.05) is 11.8 Å². The summed E-state index contributed by atoms with van der Waals surface area (Å²) in [6.45, 7) is 7.94. The third-order valence-corrected chi connectivity index (χ3v) is 5.79. The number of nitrogens with zero attached hydrogens (tertiary/aromatic N) is 4. The topological polar surface area (TPSA) is 72.7 Å². The first-order chi connectivity index (χ1) is 11.3. The Kier molecular flexibility index (Phi) is 4.60. The van der Waals surface area contributed by atoms with Crippen LogP contribution >= 0.6 is 23.1 Å². The minimum absolute atomic E-state index is 0.0722. The number of aromatic nitrogens is 4. The lowest BCUT2D eigenvalue weighted by Crippen LogP contribution is -2.16. The zero-order valence-corrected chi connectivity index (χ0v) is 15.9. The average molecular weight is 361 g/mol. The molecule has 0 fully saturated rings. The second-order valence-corrected chi connectivity index (χ2v) is 7.84. The molecule has 0 unspecified atom stereocenters. The Balaban J connectivity index is 1.78. The fraction of sp³-hybridized carbons (Fsp3) is 0.375. The summed E-state index contributed by atoms with van der Waals surface area (Å²) < 4.78 is 1.66. The molecule has 0 radical (unpaired) electrons. The Labute approximate surface area is 148 Å². The standard InChI is InChI=1S/C16H19N5OS2/c1-8-6-12(21(5)20-8)19-13(22)7-23-15-14-9(2)10(3)24-16(14)18-11(4)17-15/h6H,7H2,1-5H3,(H,19,22). The Hall–Kier alpha value is -1.93. The number of hydrogen-bond acceptors (Lipinski definition) is 6. The maximum Gasteiger partial charge on any atom is 0.235 e. The molecule has 0 aromatic carbocycles. The number of thiophene rings is 1. The van der Waals surface area contributed by atoms with Crippen molar-refractivity contribution in [2.45, 2.75) is 32.7 Å². The molecule has 1 amide bonds. The van der Waals surface area contributed by atoms with Crippen molar-refractivity contribution in [3.8, 4) is 0 Å². The first-order valence-corrected chi connectivity index (χ1v) is 9.33. The second kappa shape index (κ2) is 6.52. The molecule has 126 valence electrons. The zero-order valence-electron chi connectivity index (χ0n) is 14.3. The number of carbonyl (C=O) groups is 1. The van der Waals surface area contributed by atoms with Gasteiger partial charge in [0.05, 0.1) is 11.4 Å². The molecule has 0 saturated heterocycles. The third kappa shape index (κ3) is 3.29. The molecular weight excluding hydrogens is 342 g/mol. The average Bonchev–Trinajstić information content (AvgIpc) is 2.95. The quantitative estimate of drug-likeness (QED) is 0.570. The molecule has 3 heterocycles. The number of hydrogen-bond donors (Lipinski definition) is 1. The molecule has 0 aliphatic heterocycles. The van der Waals surface area contributed by atoms with Crippen molar-refractivity contribution in [1.29, 1.82) is 0 Å². The van der Waals surface area contributed by atoms with Crippen LogP contribution in [0.15, 0.2) is 11.1 Å². The van der Waals surface area contributed by atoms with E-state index in [4.69, 9.17) is 0 Å². The van der Waals surface area contributed by atoms with Crippen molar-refractivity contribution < 1.29 is 4.79 Å². The summed E-state index contributed by atoms with van der Waals surface area (Å²) in [5.41, 5.74) is 2.07. The molecule has 24 heavy (non-hydrogen) atoms. The molecule has 0 saturated carbocycles. The normalized spacial score (nSPS) is 11.2. The van der Waals surface area contributed by atoms with E-state index in [0.29, 0.717) is 11.6 Å². The van der Waals surface area contributed by atoms with Crippen LogP contribution in [0.25, 0.3) is 10.2 Å². The predicted octanol–water partition coefficient (Wildman–Crippen LogP) is 3.39. The number of amides is 1. The lowest BCUT2D eigenvalue weighted by Gasteiger charge is -2.06. The molecule has 1 N–H and O–H groups in total. The molecule has 8 heteroatoms. The van der Waals surface area contributed by atoms with Crippen molar-refractivity contribution >= 4 is 45.0 Å². The van der Waals surface area contributed by atoms with Gasteiger partial charge in [0.25, 0.3) is 0 Å². The molecule has 6 nitrogen and oxygen atoms in total. The largest absolute Gasteiger partial charge is 0.310 e. The van der Waals surface area contributed by atoms with Crippen molar-refractivity contribution in [2.75, 3.05) is 11.1 Å². The lowest BCUT2D eigenvalue weighted by atomic mass is 10.2. The summed E-state index contributed by atoms with van der Waals surface area (Å²) in [5, 5.41) is 9.05. The smallest absolute Gasteiger partial charge is 0.235 e. The van der Waals surface area contributed by atoms with Crippen LogP contribution in [0, 0.1) is 27.7 Å². The number of fused-ring (bicyclic) bond motifs is 1. The molecule has 3 rings (SSSR count). The van der Waals surface area contributed by atoms with Crippen LogP contribution in [-0.2, 0) is 11.8 Å². The van der Waals surface area contributed by atoms with Crippen LogP contribution in [0.2, 0.25) is 0 Å². The molecular formula is C16H19N5OS2. The Morgan fingerprint density at radius 1 is 1.29 bits per heavy atom. The number of rotatable bonds is 4. The fourth-order valence-electron chi connectivity index (χ4n) is 2.46. The minimum atomic E-state index is -0.0722. The molecule has 0 aliphatic rings. The first kappa shape index (κ1) is 16.9. The summed E-state index contributed by atoms with van der Waals surface area (Å²) in [5.74, 6) is 1.65. The lowest BCUT2D eigenvalue weighted by molar-refractivity contribution is -0.113. The van der Waals surface area contributed by atoms with Gasteiger partial charge in [0.2, 0.25) is 5.91 Å². The van der Waals surface area contributed by atoms with Gasteiger partial charge < -0.3 is 5.32 Å². The molecule has 3 aromatic heterocycles. The highest BCUT2D eigenvalue weighted by molar-refractivity contribution is 8.00. The van der Waals surface area contributed by atoms with E-state index in [1.807, 2.05) is 27.0 Å². The maximum absolute atomic E-state index is 12.2. The van der Waals surface area contributed by atoms with Gasteiger partial charge in [-0.15, -0.1) is 11.3 Å². The van der Waals surface area contributed by atoms with Crippen LogP contribution in [0.3, 0.4) is 0 Å². The van der Waals surface area contributed by atoms with Crippen molar-refractivity contribution in [1.82, 2.24) is 19.7 Å². The van der Waals surface area contributed by atoms with Crippen molar-refractivity contribution in [3.63, 3.8) is 0 Å². The number of anilines is 1. The maximum atomic E-state index is 12.2. The van der Waals surface area contributed by atoms with Gasteiger partial charge in [-0.25, -0.2) is 9.97 Å². The van der Waals surface area contributed by atoms with Gasteiger partial charge in [0, 0.05) is 23.4 Å². The summed E-state index contributed by atoms with van der Waals surface area (Å²) in [6.07, 6.45) is 0. The van der Waals surface area contributed by atoms with Gasteiger partial charge in [-0.05, 0) is 33.3 Å². The van der Waals surface area contributed by atoms with Crippen molar-refractivity contribution in [3.05, 3.63) is 28.0 Å². The van der Waals surface area contributed by atoms with E-state index in [9.17, 15) is 4.79 Å². The Bertz CT molecular complexity index is 928. The van der Waals surface area contributed by atoms with Crippen LogP contribution in [-0.4, -0.2) is 31.4 Å². The van der Waals surface area contributed by atoms with Gasteiger partial charge in [-0.3, -0.25) is 9.48 Å². The first-order valence-electron chi connectivity index (χ1n) is 7.52. The van der Waals surface area contributed by atoms with Gasteiger partial charge in [0.1, 0.15) is 21.5 Å². The van der Waals surface area contributed by atoms with Gasteiger partial charge in [0.15, 0.2) is 0 Å². The van der Waals surface area contributed by atoms with Crippen LogP contribution in [0.5, 0.6) is 0 Å². The minimum Gasteiger partial charge on any atom is -0.310 e. The Morgan fingerprint density at radius 3 is 2.71 bits per heavy atom. The molecule has 0 atom stereocenters. The molecule has 0 bridgehead atoms. The van der Waals surface area contributed by atoms with E-state index < -0.39 is 0 Å². The van der Waals surface area contributed by atoms with Gasteiger partial charge in [-0.2, -0.15) is 5.10 Å². The van der Waals surface area contributed by atoms with E-state index >= 15 is 0 Å². The summed E-state index contributed by atoms with van der Waals surface area (Å²) in [6, 6.07) is 1.85. The van der Waals surface area contributed by atoms with Crippen LogP contribution < -0.4 is 5.32 Å². The summed E-state index contributed by atoms with van der Waals surface area (Å²) in [7, 11) is 1.81. The number of thioether (sulfide) groups is 1. The second-order valence-electron chi connectivity index (χ2n) is 5.67. The molecule has 0 aliphatic carbocycles. The van der Waals surface area contributed by atoms with E-state index in [0.717, 1.165) is 26.8 Å². The third-order valence-electron chi connectivity index (χ3n) is 3.72. The Morgan fingerprint density at radius 2 is 2.04 bits per heavy atom. The van der Waals surface area contributed by atoms with Crippen LogP contribution in [0.4, 0.5) is 5.82 Å². The van der Waals surface area contributed by atoms with E-state index in [1.54, 1.807) is 16.0 Å². The zero-order chi connectivity index (χ0) is 17.4. The SMILES string of the molecule is Cc1cc(NC(=O)CSc2nc(C)nc3sc(C)c(C)c23)n(C)n1. The number of carbonyl (C=O) groups excluding carboxylic acids is 1. The highest BCUT2D eigenvalue weighted by atomic mass is 32.2. The highest BCUT2D eigenvalue weighted by Crippen LogP contribution is 2.35. The summed E-state index contributed by atoms with van der Waals surface area (Å²) in [4.78, 5) is 23.5. The molecule has 0 spiro atoms. The number of aryl methyl sites for hydroxylation is 5. The van der Waals surface area contributed by atoms with Crippen molar-refractivity contribution in [2.24, 2.45) is 7.05 Å². The fourth-order valence-corrected chi connectivity index (χ4v) is 4.53. The van der Waals surface area contributed by atoms with Gasteiger partial charge >= 0.3 is 0 Å². The summed E-state index contributed by atoms with van der Waals surface area (Å²) >= 11 is 3.12. The highest BCUT2D eigenvalue weighted by Gasteiger charge is 2.15. The van der Waals surface area contributed by atoms with Crippen LogP contribution in [0.1, 0.15) is 22.0 Å². The van der Waals surface area contributed by atoms with E-state index in [-0.39, 0.29) is 5.91 Å². The number of nitrogens with one attached hydrogen (secondary N) is 1. The molecule has 3 aromatic rings. The van der Waals surface area contributed by atoms with E-state index in [2.05, 4.69) is 34.2 Å². The predicted molar refractivity (Wildman–Crippen MR) is 98.9 cm³/mol. The monoisotopic (exact) mass is 361 g/mol.